The summed E-state index contributed by atoms with van der Waals surface area (Å²) >= 11 is 0. The summed E-state index contributed by atoms with van der Waals surface area (Å²) in [4.78, 5) is 22.1. The molecule has 0 aromatic heterocycles. The van der Waals surface area contributed by atoms with Gasteiger partial charge in [0.25, 0.3) is 0 Å². The van der Waals surface area contributed by atoms with Crippen molar-refractivity contribution in [1.29, 1.82) is 0 Å². The zero-order valence-electron chi connectivity index (χ0n) is 9.44. The summed E-state index contributed by atoms with van der Waals surface area (Å²) in [6, 6.07) is 9.22. The van der Waals surface area contributed by atoms with Crippen molar-refractivity contribution in [2.75, 3.05) is 6.61 Å². The van der Waals surface area contributed by atoms with Gasteiger partial charge in [-0.2, -0.15) is 0 Å². The largest absolute Gasteiger partial charge is 0.466 e. The van der Waals surface area contributed by atoms with Crippen LogP contribution in [0.2, 0.25) is 0 Å². The summed E-state index contributed by atoms with van der Waals surface area (Å²) in [6.07, 6.45) is 1.99. The maximum atomic E-state index is 11.6. The Labute approximate surface area is 95.4 Å². The van der Waals surface area contributed by atoms with Gasteiger partial charge >= 0.3 is 5.97 Å². The van der Waals surface area contributed by atoms with Gasteiger partial charge in [0.2, 0.25) is 0 Å². The molecule has 1 rings (SSSR count). The Morgan fingerprint density at radius 1 is 1.12 bits per heavy atom. The van der Waals surface area contributed by atoms with Crippen LogP contribution >= 0.6 is 0 Å². The normalized spacial score (nSPS) is 9.81. The molecule has 16 heavy (non-hydrogen) atoms. The van der Waals surface area contributed by atoms with Gasteiger partial charge in [-0.1, -0.05) is 30.3 Å². The minimum atomic E-state index is -0.269. The van der Waals surface area contributed by atoms with E-state index in [0.29, 0.717) is 13.0 Å². The topological polar surface area (TPSA) is 43.4 Å². The van der Waals surface area contributed by atoms with Crippen molar-refractivity contribution in [3.63, 3.8) is 0 Å². The lowest BCUT2D eigenvalue weighted by Gasteiger charge is -2.02. The van der Waals surface area contributed by atoms with E-state index in [1.807, 2.05) is 30.3 Å². The number of ether oxygens (including phenoxy) is 1. The highest BCUT2D eigenvalue weighted by Crippen LogP contribution is 2.06. The van der Waals surface area contributed by atoms with Crippen molar-refractivity contribution < 1.29 is 14.3 Å². The van der Waals surface area contributed by atoms with E-state index < -0.39 is 0 Å². The third-order valence-corrected chi connectivity index (χ3v) is 2.20. The molecule has 3 heteroatoms. The lowest BCUT2D eigenvalue weighted by Crippen LogP contribution is -2.03. The molecule has 86 valence electrons. The molecule has 3 nitrogen and oxygen atoms in total. The third kappa shape index (κ3) is 4.73. The molecule has 0 fully saturated rings. The van der Waals surface area contributed by atoms with Gasteiger partial charge in [0.15, 0.2) is 5.78 Å². The van der Waals surface area contributed by atoms with Crippen molar-refractivity contribution in [3.8, 4) is 0 Å². The third-order valence-electron chi connectivity index (χ3n) is 2.20. The highest BCUT2D eigenvalue weighted by Gasteiger charge is 2.04. The van der Waals surface area contributed by atoms with Crippen LogP contribution in [-0.2, 0) is 9.53 Å². The number of rotatable bonds is 6. The summed E-state index contributed by atoms with van der Waals surface area (Å²) in [5.41, 5.74) is 0.745. The van der Waals surface area contributed by atoms with E-state index in [9.17, 15) is 9.59 Å². The highest BCUT2D eigenvalue weighted by atomic mass is 16.5. The van der Waals surface area contributed by atoms with Crippen LogP contribution in [0.25, 0.3) is 0 Å². The molecule has 0 atom stereocenters. The maximum Gasteiger partial charge on any atom is 0.302 e. The van der Waals surface area contributed by atoms with Crippen LogP contribution < -0.4 is 0 Å². The predicted octanol–water partition coefficient (Wildman–Crippen LogP) is 2.60. The minimum absolute atomic E-state index is 0.142. The van der Waals surface area contributed by atoms with Gasteiger partial charge in [-0.25, -0.2) is 0 Å². The zero-order valence-corrected chi connectivity index (χ0v) is 9.44. The van der Waals surface area contributed by atoms with Gasteiger partial charge in [-0.15, -0.1) is 0 Å². The second-order valence-electron chi connectivity index (χ2n) is 3.59. The fourth-order valence-electron chi connectivity index (χ4n) is 1.37. The van der Waals surface area contributed by atoms with E-state index in [-0.39, 0.29) is 11.8 Å². The summed E-state index contributed by atoms with van der Waals surface area (Å²) < 4.78 is 4.78. The van der Waals surface area contributed by atoms with Gasteiger partial charge in [0, 0.05) is 18.9 Å². The summed E-state index contributed by atoms with van der Waals surface area (Å²) in [6.45, 7) is 1.78. The number of unbranched alkanes of at least 4 members (excludes halogenated alkanes) is 1. The van der Waals surface area contributed by atoms with Crippen molar-refractivity contribution in [3.05, 3.63) is 35.9 Å². The molecule has 1 aromatic carbocycles. The Morgan fingerprint density at radius 2 is 1.81 bits per heavy atom. The molecule has 0 aliphatic rings. The highest BCUT2D eigenvalue weighted by molar-refractivity contribution is 5.95. The van der Waals surface area contributed by atoms with Crippen LogP contribution in [0.15, 0.2) is 30.3 Å². The minimum Gasteiger partial charge on any atom is -0.466 e. The molecular formula is C13H16O3. The second kappa shape index (κ2) is 6.77. The van der Waals surface area contributed by atoms with Crippen molar-refractivity contribution >= 4 is 11.8 Å². The SMILES string of the molecule is CC(=O)OCCCCC(=O)c1ccccc1. The molecule has 0 aliphatic heterocycles. The van der Waals surface area contributed by atoms with E-state index in [0.717, 1.165) is 18.4 Å². The number of esters is 1. The first kappa shape index (κ1) is 12.4. The standard InChI is InChI=1S/C13H16O3/c1-11(14)16-10-6-5-9-13(15)12-7-3-2-4-8-12/h2-4,7-8H,5-6,9-10H2,1H3. The molecule has 0 amide bonds. The quantitative estimate of drug-likeness (QED) is 0.420. The number of carbonyl (C=O) groups is 2. The number of hydrogen-bond acceptors (Lipinski definition) is 3. The maximum absolute atomic E-state index is 11.6. The fourth-order valence-corrected chi connectivity index (χ4v) is 1.37. The Balaban J connectivity index is 2.19. The smallest absolute Gasteiger partial charge is 0.302 e. The van der Waals surface area contributed by atoms with E-state index in [1.165, 1.54) is 6.92 Å². The molecule has 0 saturated carbocycles. The van der Waals surface area contributed by atoms with Gasteiger partial charge < -0.3 is 4.74 Å². The summed E-state index contributed by atoms with van der Waals surface area (Å²) in [5, 5.41) is 0. The zero-order chi connectivity index (χ0) is 11.8. The predicted molar refractivity (Wildman–Crippen MR) is 61.3 cm³/mol. The number of Topliss-reactive ketones (excluding diaryl/α,β-unsaturated/α-hetero) is 1. The van der Waals surface area contributed by atoms with Gasteiger partial charge in [0.1, 0.15) is 0 Å². The Hall–Kier alpha value is -1.64. The number of benzene rings is 1. The van der Waals surface area contributed by atoms with E-state index in [4.69, 9.17) is 4.74 Å². The molecule has 0 N–H and O–H groups in total. The van der Waals surface area contributed by atoms with Crippen LogP contribution in [-0.4, -0.2) is 18.4 Å². The molecule has 0 bridgehead atoms. The Morgan fingerprint density at radius 3 is 2.44 bits per heavy atom. The number of carbonyl (C=O) groups excluding carboxylic acids is 2. The van der Waals surface area contributed by atoms with Crippen molar-refractivity contribution in [2.45, 2.75) is 26.2 Å². The lowest BCUT2D eigenvalue weighted by molar-refractivity contribution is -0.141. The molecule has 0 spiro atoms. The summed E-state index contributed by atoms with van der Waals surface area (Å²) in [5.74, 6) is -0.127. The Kier molecular flexibility index (Phi) is 5.26. The Bertz CT molecular complexity index is 343. The molecule has 0 radical (unpaired) electrons. The van der Waals surface area contributed by atoms with Crippen LogP contribution in [0.4, 0.5) is 0 Å². The van der Waals surface area contributed by atoms with Gasteiger partial charge in [0.05, 0.1) is 6.61 Å². The van der Waals surface area contributed by atoms with Crippen LogP contribution in [0.3, 0.4) is 0 Å². The van der Waals surface area contributed by atoms with E-state index >= 15 is 0 Å². The van der Waals surface area contributed by atoms with Gasteiger partial charge in [-0.05, 0) is 12.8 Å². The molecule has 0 aliphatic carbocycles. The average Bonchev–Trinajstić information content (AvgIpc) is 2.29. The monoisotopic (exact) mass is 220 g/mol. The first-order valence-electron chi connectivity index (χ1n) is 5.42. The van der Waals surface area contributed by atoms with Crippen LogP contribution in [0.5, 0.6) is 0 Å². The second-order valence-corrected chi connectivity index (χ2v) is 3.59. The van der Waals surface area contributed by atoms with Gasteiger partial charge in [-0.3, -0.25) is 9.59 Å². The molecule has 0 saturated heterocycles. The van der Waals surface area contributed by atoms with Crippen LogP contribution in [0, 0.1) is 0 Å². The molecule has 1 aromatic rings. The van der Waals surface area contributed by atoms with E-state index in [2.05, 4.69) is 0 Å². The molecule has 0 unspecified atom stereocenters. The van der Waals surface area contributed by atoms with Crippen molar-refractivity contribution in [1.82, 2.24) is 0 Å². The lowest BCUT2D eigenvalue weighted by atomic mass is 10.1. The average molecular weight is 220 g/mol. The van der Waals surface area contributed by atoms with E-state index in [1.54, 1.807) is 0 Å². The molecule has 0 heterocycles. The van der Waals surface area contributed by atoms with Crippen LogP contribution in [0.1, 0.15) is 36.5 Å². The summed E-state index contributed by atoms with van der Waals surface area (Å²) in [7, 11) is 0. The first-order valence-corrected chi connectivity index (χ1v) is 5.42. The molecular weight excluding hydrogens is 204 g/mol. The number of hydrogen-bond donors (Lipinski definition) is 0. The number of ketones is 1. The first-order chi connectivity index (χ1) is 7.70. The van der Waals surface area contributed by atoms with Crippen molar-refractivity contribution in [2.24, 2.45) is 0 Å². The fraction of sp³-hybridized carbons (Fsp3) is 0.385.